The first-order chi connectivity index (χ1) is 15.4. The Morgan fingerprint density at radius 3 is 2.03 bits per heavy atom. The molecule has 0 radical (unpaired) electrons. The molecular formula is C25H22F3N3O. The lowest BCUT2D eigenvalue weighted by atomic mass is 10.1. The van der Waals surface area contributed by atoms with Crippen molar-refractivity contribution >= 4 is 17.6 Å². The summed E-state index contributed by atoms with van der Waals surface area (Å²) in [5.74, 6) is 0.228. The molecule has 32 heavy (non-hydrogen) atoms. The quantitative estimate of drug-likeness (QED) is 0.578. The molecule has 1 heterocycles. The zero-order valence-corrected chi connectivity index (χ0v) is 17.2. The topological polar surface area (TPSA) is 44.7 Å². The van der Waals surface area contributed by atoms with Crippen molar-refractivity contribution in [1.82, 2.24) is 4.90 Å². The minimum atomic E-state index is -4.40. The molecule has 1 N–H and O–H groups in total. The van der Waals surface area contributed by atoms with Gasteiger partial charge < -0.3 is 5.32 Å². The number of alkyl halides is 3. The minimum Gasteiger partial charge on any atom is -0.326 e. The molecule has 0 aromatic heterocycles. The van der Waals surface area contributed by atoms with E-state index in [4.69, 9.17) is 0 Å². The zero-order chi connectivity index (χ0) is 22.6. The van der Waals surface area contributed by atoms with Crippen molar-refractivity contribution < 1.29 is 18.0 Å². The van der Waals surface area contributed by atoms with Gasteiger partial charge in [-0.05, 0) is 41.8 Å². The van der Waals surface area contributed by atoms with Crippen LogP contribution in [0.1, 0.15) is 16.7 Å². The summed E-state index contributed by atoms with van der Waals surface area (Å²) >= 11 is 0. The number of anilines is 1. The molecule has 4 nitrogen and oxygen atoms in total. The van der Waals surface area contributed by atoms with Crippen LogP contribution in [0.3, 0.4) is 0 Å². The summed E-state index contributed by atoms with van der Waals surface area (Å²) < 4.78 is 38.6. The second-order valence-electron chi connectivity index (χ2n) is 7.58. The van der Waals surface area contributed by atoms with Gasteiger partial charge >= 0.3 is 6.18 Å². The third-order valence-electron chi connectivity index (χ3n) is 5.29. The number of rotatable bonds is 6. The lowest BCUT2D eigenvalue weighted by Gasteiger charge is -2.20. The Kier molecular flexibility index (Phi) is 6.25. The fourth-order valence-corrected chi connectivity index (χ4v) is 3.60. The van der Waals surface area contributed by atoms with Crippen molar-refractivity contribution in [3.63, 3.8) is 0 Å². The number of hydrogen-bond donors (Lipinski definition) is 1. The predicted molar refractivity (Wildman–Crippen MR) is 118 cm³/mol. The fourth-order valence-electron chi connectivity index (χ4n) is 3.60. The highest BCUT2D eigenvalue weighted by Crippen LogP contribution is 2.30. The molecule has 3 aromatic carbocycles. The first-order valence-electron chi connectivity index (χ1n) is 10.3. The van der Waals surface area contributed by atoms with Gasteiger partial charge in [-0.25, -0.2) is 4.99 Å². The lowest BCUT2D eigenvalue weighted by molar-refractivity contribution is -0.137. The van der Waals surface area contributed by atoms with Gasteiger partial charge in [0.15, 0.2) is 0 Å². The summed E-state index contributed by atoms with van der Waals surface area (Å²) in [6, 6.07) is 23.5. The van der Waals surface area contributed by atoms with E-state index in [1.165, 1.54) is 12.1 Å². The predicted octanol–water partition coefficient (Wildman–Crippen LogP) is 5.17. The van der Waals surface area contributed by atoms with Crippen molar-refractivity contribution in [3.05, 3.63) is 102 Å². The van der Waals surface area contributed by atoms with E-state index in [1.54, 1.807) is 4.90 Å². The SMILES string of the molecule is O=C1C(Cc2ccccc2)N=C(Nc2ccc(C(F)(F)F)cc2)N1CCc1ccccc1. The molecule has 3 aromatic rings. The van der Waals surface area contributed by atoms with Gasteiger partial charge in [0, 0.05) is 18.7 Å². The highest BCUT2D eigenvalue weighted by atomic mass is 19.4. The van der Waals surface area contributed by atoms with Gasteiger partial charge in [0.05, 0.1) is 5.56 Å². The smallest absolute Gasteiger partial charge is 0.326 e. The molecule has 1 amide bonds. The number of nitrogens with zero attached hydrogens (tertiary/aromatic N) is 2. The van der Waals surface area contributed by atoms with Crippen LogP contribution in [-0.4, -0.2) is 29.4 Å². The average molecular weight is 437 g/mol. The van der Waals surface area contributed by atoms with Gasteiger partial charge in [-0.3, -0.25) is 9.69 Å². The molecule has 7 heteroatoms. The molecule has 0 saturated carbocycles. The number of carbonyl (C=O) groups is 1. The first-order valence-corrected chi connectivity index (χ1v) is 10.3. The van der Waals surface area contributed by atoms with Crippen LogP contribution in [0.2, 0.25) is 0 Å². The maximum absolute atomic E-state index is 13.1. The normalized spacial score (nSPS) is 16.2. The third-order valence-corrected chi connectivity index (χ3v) is 5.29. The Morgan fingerprint density at radius 1 is 0.844 bits per heavy atom. The number of aliphatic imine (C=N–C) groups is 1. The summed E-state index contributed by atoms with van der Waals surface area (Å²) in [6.07, 6.45) is -3.31. The van der Waals surface area contributed by atoms with Crippen LogP contribution >= 0.6 is 0 Å². The summed E-state index contributed by atoms with van der Waals surface area (Å²) in [4.78, 5) is 19.3. The van der Waals surface area contributed by atoms with Crippen molar-refractivity contribution in [2.45, 2.75) is 25.1 Å². The maximum Gasteiger partial charge on any atom is 0.416 e. The average Bonchev–Trinajstić information content (AvgIpc) is 3.07. The van der Waals surface area contributed by atoms with E-state index in [0.29, 0.717) is 31.0 Å². The number of guanidine groups is 1. The van der Waals surface area contributed by atoms with E-state index in [2.05, 4.69) is 10.3 Å². The van der Waals surface area contributed by atoms with Crippen LogP contribution in [0.25, 0.3) is 0 Å². The minimum absolute atomic E-state index is 0.126. The molecule has 1 unspecified atom stereocenters. The third kappa shape index (κ3) is 5.17. The molecule has 0 fully saturated rings. The lowest BCUT2D eigenvalue weighted by Crippen LogP contribution is -2.40. The van der Waals surface area contributed by atoms with E-state index >= 15 is 0 Å². The molecule has 0 spiro atoms. The van der Waals surface area contributed by atoms with E-state index < -0.39 is 17.8 Å². The Balaban J connectivity index is 1.54. The van der Waals surface area contributed by atoms with Gasteiger partial charge in [0.2, 0.25) is 5.96 Å². The summed E-state index contributed by atoms with van der Waals surface area (Å²) in [6.45, 7) is 0.417. The van der Waals surface area contributed by atoms with Crippen molar-refractivity contribution in [1.29, 1.82) is 0 Å². The highest BCUT2D eigenvalue weighted by molar-refractivity contribution is 6.10. The van der Waals surface area contributed by atoms with Gasteiger partial charge in [0.1, 0.15) is 6.04 Å². The number of halogens is 3. The second kappa shape index (κ2) is 9.26. The molecule has 4 rings (SSSR count). The first kappa shape index (κ1) is 21.6. The Bertz CT molecular complexity index is 1080. The number of hydrogen-bond acceptors (Lipinski definition) is 3. The van der Waals surface area contributed by atoms with Crippen LogP contribution in [0.15, 0.2) is 89.9 Å². The van der Waals surface area contributed by atoms with Crippen molar-refractivity contribution in [2.24, 2.45) is 4.99 Å². The standard InChI is InChI=1S/C25H22F3N3O/c26-25(27,28)20-11-13-21(14-12-20)29-24-30-22(17-19-9-5-2-6-10-19)23(32)31(24)16-15-18-7-3-1-4-8-18/h1-14,22H,15-17H2,(H,29,30). The van der Waals surface area contributed by atoms with E-state index in [0.717, 1.165) is 23.3 Å². The Labute approximate surface area is 184 Å². The monoisotopic (exact) mass is 437 g/mol. The summed E-state index contributed by atoms with van der Waals surface area (Å²) in [5.41, 5.74) is 1.79. The van der Waals surface area contributed by atoms with Gasteiger partial charge in [-0.2, -0.15) is 13.2 Å². The van der Waals surface area contributed by atoms with Crippen molar-refractivity contribution in [2.75, 3.05) is 11.9 Å². The molecule has 0 saturated heterocycles. The largest absolute Gasteiger partial charge is 0.416 e. The molecular weight excluding hydrogens is 415 g/mol. The van der Waals surface area contributed by atoms with Gasteiger partial charge in [-0.1, -0.05) is 60.7 Å². The molecule has 164 valence electrons. The molecule has 1 aliphatic heterocycles. The van der Waals surface area contributed by atoms with E-state index in [1.807, 2.05) is 60.7 Å². The number of amides is 1. The van der Waals surface area contributed by atoms with E-state index in [9.17, 15) is 18.0 Å². The van der Waals surface area contributed by atoms with Crippen LogP contribution in [0.5, 0.6) is 0 Å². The van der Waals surface area contributed by atoms with Crippen LogP contribution < -0.4 is 5.32 Å². The Hall–Kier alpha value is -3.61. The van der Waals surface area contributed by atoms with Crippen LogP contribution in [0.4, 0.5) is 18.9 Å². The highest BCUT2D eigenvalue weighted by Gasteiger charge is 2.35. The molecule has 0 bridgehead atoms. The van der Waals surface area contributed by atoms with E-state index in [-0.39, 0.29) is 5.91 Å². The number of benzene rings is 3. The Morgan fingerprint density at radius 2 is 1.44 bits per heavy atom. The maximum atomic E-state index is 13.1. The van der Waals surface area contributed by atoms with Crippen molar-refractivity contribution in [3.8, 4) is 0 Å². The van der Waals surface area contributed by atoms with Crippen LogP contribution in [-0.2, 0) is 23.8 Å². The molecule has 1 aliphatic rings. The molecule has 1 atom stereocenters. The van der Waals surface area contributed by atoms with Gasteiger partial charge in [-0.15, -0.1) is 0 Å². The number of carbonyl (C=O) groups excluding carboxylic acids is 1. The van der Waals surface area contributed by atoms with Gasteiger partial charge in [0.25, 0.3) is 5.91 Å². The van der Waals surface area contributed by atoms with Crippen LogP contribution in [0, 0.1) is 0 Å². The fraction of sp³-hybridized carbons (Fsp3) is 0.200. The summed E-state index contributed by atoms with van der Waals surface area (Å²) in [7, 11) is 0. The zero-order valence-electron chi connectivity index (χ0n) is 17.2. The summed E-state index contributed by atoms with van der Waals surface area (Å²) in [5, 5.41) is 3.04. The molecule has 0 aliphatic carbocycles. The number of nitrogens with one attached hydrogen (secondary N) is 1. The second-order valence-corrected chi connectivity index (χ2v) is 7.58.